The third-order valence-electron chi connectivity index (χ3n) is 4.14. The van der Waals surface area contributed by atoms with Crippen molar-refractivity contribution >= 4 is 30.7 Å². The molecule has 0 saturated heterocycles. The number of halogens is 1. The van der Waals surface area contributed by atoms with Gasteiger partial charge in [-0.15, -0.1) is 0 Å². The molecule has 0 aliphatic rings. The van der Waals surface area contributed by atoms with Crippen molar-refractivity contribution in [3.05, 3.63) is 39.5 Å². The molecule has 6 heteroatoms. The van der Waals surface area contributed by atoms with Crippen LogP contribution in [0.4, 0.5) is 0 Å². The van der Waals surface area contributed by atoms with E-state index < -0.39 is 8.32 Å². The minimum absolute atomic E-state index is 0.138. The Labute approximate surface area is 130 Å². The van der Waals surface area contributed by atoms with Crippen LogP contribution in [0, 0.1) is 0 Å². The Hall–Kier alpha value is -1.17. The molecule has 0 spiro atoms. The number of fused-ring (bicyclic) bond motifs is 1. The zero-order valence-corrected chi connectivity index (χ0v) is 14.8. The number of rotatable bonds is 3. The van der Waals surface area contributed by atoms with Gasteiger partial charge in [0.2, 0.25) is 0 Å². The second-order valence-corrected chi connectivity index (χ2v) is 12.0. The van der Waals surface area contributed by atoms with Crippen molar-refractivity contribution in [2.24, 2.45) is 0 Å². The maximum absolute atomic E-state index is 12.1. The lowest BCUT2D eigenvalue weighted by molar-refractivity contribution is 0.272. The van der Waals surface area contributed by atoms with Crippen molar-refractivity contribution in [3.63, 3.8) is 0 Å². The van der Waals surface area contributed by atoms with E-state index in [1.807, 2.05) is 6.07 Å². The molecular formula is C15H21ClN2O2Si. The number of pyridine rings is 2. The Morgan fingerprint density at radius 2 is 2.00 bits per heavy atom. The van der Waals surface area contributed by atoms with Gasteiger partial charge in [0, 0.05) is 17.3 Å². The predicted octanol–water partition coefficient (Wildman–Crippen LogP) is 4.10. The Balaban J connectivity index is 2.29. The molecule has 0 aliphatic carbocycles. The SMILES string of the molecule is CC(C)(C)[Si](C)(C)OCc1cc2cnc(Cl)cc2c(=O)[nH]1. The summed E-state index contributed by atoms with van der Waals surface area (Å²) >= 11 is 5.82. The second kappa shape index (κ2) is 5.55. The van der Waals surface area contributed by atoms with Gasteiger partial charge in [-0.3, -0.25) is 4.79 Å². The van der Waals surface area contributed by atoms with Gasteiger partial charge in [0.15, 0.2) is 8.32 Å². The van der Waals surface area contributed by atoms with E-state index in [4.69, 9.17) is 16.0 Å². The average Bonchev–Trinajstić information content (AvgIpc) is 2.36. The molecule has 2 rings (SSSR count). The fourth-order valence-corrected chi connectivity index (χ4v) is 2.85. The highest BCUT2D eigenvalue weighted by molar-refractivity contribution is 6.74. The van der Waals surface area contributed by atoms with Crippen molar-refractivity contribution in [1.82, 2.24) is 9.97 Å². The molecule has 0 radical (unpaired) electrons. The molecule has 114 valence electrons. The molecule has 0 atom stereocenters. The number of hydrogen-bond donors (Lipinski definition) is 1. The Morgan fingerprint density at radius 1 is 1.33 bits per heavy atom. The molecule has 0 bridgehead atoms. The number of hydrogen-bond acceptors (Lipinski definition) is 3. The standard InChI is InChI=1S/C15H21ClN2O2Si/c1-15(2,3)21(4,5)20-9-11-6-10-8-17-13(16)7-12(10)14(19)18-11/h6-8H,9H2,1-5H3,(H,18,19). The lowest BCUT2D eigenvalue weighted by Crippen LogP contribution is -2.40. The van der Waals surface area contributed by atoms with E-state index in [1.54, 1.807) is 12.3 Å². The van der Waals surface area contributed by atoms with Crippen LogP contribution in [-0.2, 0) is 11.0 Å². The van der Waals surface area contributed by atoms with E-state index in [0.717, 1.165) is 11.1 Å². The van der Waals surface area contributed by atoms with E-state index >= 15 is 0 Å². The van der Waals surface area contributed by atoms with Crippen molar-refractivity contribution in [1.29, 1.82) is 0 Å². The van der Waals surface area contributed by atoms with Gasteiger partial charge in [-0.1, -0.05) is 32.4 Å². The van der Waals surface area contributed by atoms with E-state index in [-0.39, 0.29) is 10.6 Å². The summed E-state index contributed by atoms with van der Waals surface area (Å²) in [4.78, 5) is 19.0. The molecule has 4 nitrogen and oxygen atoms in total. The Bertz CT molecular complexity index is 720. The van der Waals surface area contributed by atoms with Gasteiger partial charge in [0.25, 0.3) is 5.56 Å². The van der Waals surface area contributed by atoms with E-state index in [1.165, 1.54) is 0 Å². The second-order valence-electron chi connectivity index (χ2n) is 6.77. The fourth-order valence-electron chi connectivity index (χ4n) is 1.74. The Morgan fingerprint density at radius 3 is 2.62 bits per heavy atom. The van der Waals surface area contributed by atoms with Crippen LogP contribution in [0.5, 0.6) is 0 Å². The first-order valence-corrected chi connectivity index (χ1v) is 10.2. The maximum Gasteiger partial charge on any atom is 0.256 e. The van der Waals surface area contributed by atoms with Gasteiger partial charge < -0.3 is 9.41 Å². The predicted molar refractivity (Wildman–Crippen MR) is 89.4 cm³/mol. The minimum atomic E-state index is -1.84. The van der Waals surface area contributed by atoms with Crippen LogP contribution in [0.25, 0.3) is 10.8 Å². The summed E-state index contributed by atoms with van der Waals surface area (Å²) in [5, 5.41) is 1.78. The van der Waals surface area contributed by atoms with Gasteiger partial charge in [0.1, 0.15) is 5.15 Å². The number of nitrogens with zero attached hydrogens (tertiary/aromatic N) is 1. The highest BCUT2D eigenvalue weighted by Gasteiger charge is 2.37. The molecule has 2 heterocycles. The summed E-state index contributed by atoms with van der Waals surface area (Å²) < 4.78 is 6.13. The van der Waals surface area contributed by atoms with E-state index in [9.17, 15) is 4.79 Å². The quantitative estimate of drug-likeness (QED) is 0.683. The monoisotopic (exact) mass is 324 g/mol. The number of aromatic nitrogens is 2. The highest BCUT2D eigenvalue weighted by Crippen LogP contribution is 2.36. The first-order valence-electron chi connectivity index (χ1n) is 6.91. The van der Waals surface area contributed by atoms with Crippen LogP contribution in [0.2, 0.25) is 23.3 Å². The molecule has 2 aromatic heterocycles. The van der Waals surface area contributed by atoms with Crippen LogP contribution in [0.15, 0.2) is 23.1 Å². The normalized spacial score (nSPS) is 12.9. The van der Waals surface area contributed by atoms with Crippen molar-refractivity contribution in [2.75, 3.05) is 0 Å². The molecule has 2 aromatic rings. The molecule has 0 aromatic carbocycles. The molecule has 21 heavy (non-hydrogen) atoms. The van der Waals surface area contributed by atoms with Crippen LogP contribution in [0.1, 0.15) is 26.5 Å². The maximum atomic E-state index is 12.1. The van der Waals surface area contributed by atoms with Crippen molar-refractivity contribution in [2.45, 2.75) is 45.5 Å². The minimum Gasteiger partial charge on any atom is -0.411 e. The van der Waals surface area contributed by atoms with E-state index in [2.05, 4.69) is 43.8 Å². The van der Waals surface area contributed by atoms with Crippen molar-refractivity contribution < 1.29 is 4.43 Å². The molecule has 1 N–H and O–H groups in total. The average molecular weight is 325 g/mol. The van der Waals surface area contributed by atoms with E-state index in [0.29, 0.717) is 17.1 Å². The highest BCUT2D eigenvalue weighted by atomic mass is 35.5. The Kier molecular flexibility index (Phi) is 4.28. The lowest BCUT2D eigenvalue weighted by Gasteiger charge is -2.36. The topological polar surface area (TPSA) is 55.0 Å². The fraction of sp³-hybridized carbons (Fsp3) is 0.467. The number of aromatic amines is 1. The summed E-state index contributed by atoms with van der Waals surface area (Å²) in [6, 6.07) is 3.47. The molecular weight excluding hydrogens is 304 g/mol. The first-order chi connectivity index (χ1) is 9.60. The smallest absolute Gasteiger partial charge is 0.256 e. The van der Waals surface area contributed by atoms with Crippen LogP contribution < -0.4 is 5.56 Å². The largest absolute Gasteiger partial charge is 0.411 e. The third kappa shape index (κ3) is 3.54. The van der Waals surface area contributed by atoms with Gasteiger partial charge in [-0.25, -0.2) is 4.98 Å². The van der Waals surface area contributed by atoms with Gasteiger partial charge in [0.05, 0.1) is 12.0 Å². The first kappa shape index (κ1) is 16.2. The summed E-state index contributed by atoms with van der Waals surface area (Å²) in [7, 11) is -1.84. The third-order valence-corrected chi connectivity index (χ3v) is 8.83. The molecule has 0 aliphatic heterocycles. The summed E-state index contributed by atoms with van der Waals surface area (Å²) in [5.41, 5.74) is 0.604. The van der Waals surface area contributed by atoms with Gasteiger partial charge in [-0.05, 0) is 30.3 Å². The summed E-state index contributed by atoms with van der Waals surface area (Å²) in [6.07, 6.45) is 1.61. The van der Waals surface area contributed by atoms with Crippen LogP contribution in [-0.4, -0.2) is 18.3 Å². The van der Waals surface area contributed by atoms with Crippen LogP contribution in [0.3, 0.4) is 0 Å². The summed E-state index contributed by atoms with van der Waals surface area (Å²) in [6.45, 7) is 11.3. The van der Waals surface area contributed by atoms with Gasteiger partial charge in [-0.2, -0.15) is 0 Å². The zero-order valence-electron chi connectivity index (χ0n) is 13.1. The van der Waals surface area contributed by atoms with Gasteiger partial charge >= 0.3 is 0 Å². The molecule has 0 amide bonds. The summed E-state index contributed by atoms with van der Waals surface area (Å²) in [5.74, 6) is 0. The number of H-pyrrole nitrogens is 1. The molecule has 0 saturated carbocycles. The zero-order chi connectivity index (χ0) is 15.8. The van der Waals surface area contributed by atoms with Crippen LogP contribution >= 0.6 is 11.6 Å². The molecule has 0 fully saturated rings. The lowest BCUT2D eigenvalue weighted by atomic mass is 10.2. The molecule has 0 unspecified atom stereocenters. The van der Waals surface area contributed by atoms with Crippen molar-refractivity contribution in [3.8, 4) is 0 Å². The number of nitrogens with one attached hydrogen (secondary N) is 1.